The van der Waals surface area contributed by atoms with Gasteiger partial charge in [-0.1, -0.05) is 13.0 Å². The fourth-order valence-corrected chi connectivity index (χ4v) is 2.88. The summed E-state index contributed by atoms with van der Waals surface area (Å²) in [4.78, 5) is 12.2. The molecule has 0 aliphatic carbocycles. The van der Waals surface area contributed by atoms with E-state index < -0.39 is 11.6 Å². The van der Waals surface area contributed by atoms with Gasteiger partial charge in [0, 0.05) is 31.0 Å². The van der Waals surface area contributed by atoms with Gasteiger partial charge < -0.3 is 16.0 Å². The van der Waals surface area contributed by atoms with Crippen molar-refractivity contribution in [2.45, 2.75) is 25.3 Å². The van der Waals surface area contributed by atoms with Crippen LogP contribution in [0.3, 0.4) is 0 Å². The molecule has 6 heteroatoms. The van der Waals surface area contributed by atoms with Crippen molar-refractivity contribution in [1.82, 2.24) is 16.0 Å². The van der Waals surface area contributed by atoms with Gasteiger partial charge in [-0.25, -0.2) is 8.78 Å². The highest BCUT2D eigenvalue weighted by Gasteiger charge is 2.29. The molecule has 1 aliphatic rings. The number of benzene rings is 1. The Morgan fingerprint density at radius 3 is 2.86 bits per heavy atom. The first kappa shape index (κ1) is 16.8. The molecule has 2 rings (SSSR count). The average molecular weight is 311 g/mol. The maximum absolute atomic E-state index is 13.5. The van der Waals surface area contributed by atoms with Gasteiger partial charge in [-0.3, -0.25) is 4.79 Å². The van der Waals surface area contributed by atoms with Crippen molar-refractivity contribution in [2.24, 2.45) is 5.92 Å². The minimum atomic E-state index is -0.846. The van der Waals surface area contributed by atoms with Gasteiger partial charge in [0.2, 0.25) is 5.91 Å². The first-order valence-electron chi connectivity index (χ1n) is 7.63. The lowest BCUT2D eigenvalue weighted by molar-refractivity contribution is -0.125. The number of hydrogen-bond donors (Lipinski definition) is 3. The Kier molecular flexibility index (Phi) is 5.85. The van der Waals surface area contributed by atoms with Gasteiger partial charge >= 0.3 is 0 Å². The van der Waals surface area contributed by atoms with Crippen molar-refractivity contribution in [1.29, 1.82) is 0 Å². The smallest absolute Gasteiger partial charge is 0.224 e. The van der Waals surface area contributed by atoms with Crippen LogP contribution in [0.4, 0.5) is 8.78 Å². The van der Waals surface area contributed by atoms with Crippen molar-refractivity contribution >= 4 is 5.91 Å². The quantitative estimate of drug-likeness (QED) is 0.770. The van der Waals surface area contributed by atoms with Gasteiger partial charge in [0.05, 0.1) is 0 Å². The highest BCUT2D eigenvalue weighted by atomic mass is 19.2. The predicted molar refractivity (Wildman–Crippen MR) is 81.6 cm³/mol. The number of amides is 1. The molecular formula is C16H23F2N3O. The number of carbonyl (C=O) groups excluding carboxylic acids is 1. The number of nitrogens with one attached hydrogen (secondary N) is 3. The monoisotopic (exact) mass is 311 g/mol. The van der Waals surface area contributed by atoms with E-state index in [1.54, 1.807) is 13.1 Å². The molecule has 4 nitrogen and oxygen atoms in total. The van der Waals surface area contributed by atoms with Crippen LogP contribution in [0.2, 0.25) is 0 Å². The van der Waals surface area contributed by atoms with Crippen LogP contribution in [-0.2, 0) is 4.79 Å². The Hall–Kier alpha value is -1.53. The number of hydrogen-bond acceptors (Lipinski definition) is 3. The van der Waals surface area contributed by atoms with E-state index in [2.05, 4.69) is 16.0 Å². The van der Waals surface area contributed by atoms with E-state index in [1.807, 2.05) is 6.92 Å². The van der Waals surface area contributed by atoms with Crippen LogP contribution in [0.1, 0.15) is 24.8 Å². The van der Waals surface area contributed by atoms with Gasteiger partial charge in [-0.15, -0.1) is 0 Å². The Morgan fingerprint density at radius 2 is 2.18 bits per heavy atom. The van der Waals surface area contributed by atoms with Crippen LogP contribution >= 0.6 is 0 Å². The first-order chi connectivity index (χ1) is 10.5. The third kappa shape index (κ3) is 4.01. The van der Waals surface area contributed by atoms with Crippen LogP contribution < -0.4 is 16.0 Å². The molecule has 0 aromatic heterocycles. The summed E-state index contributed by atoms with van der Waals surface area (Å²) in [5, 5.41) is 9.24. The van der Waals surface area contributed by atoms with Crippen molar-refractivity contribution < 1.29 is 13.6 Å². The lowest BCUT2D eigenvalue weighted by atomic mass is 9.85. The normalized spacial score (nSPS) is 23.1. The highest BCUT2D eigenvalue weighted by molar-refractivity contribution is 5.79. The Balaban J connectivity index is 2.10. The summed E-state index contributed by atoms with van der Waals surface area (Å²) >= 11 is 0. The zero-order chi connectivity index (χ0) is 16.1. The molecule has 1 aliphatic heterocycles. The summed E-state index contributed by atoms with van der Waals surface area (Å²) in [6, 6.07) is 3.87. The topological polar surface area (TPSA) is 53.2 Å². The van der Waals surface area contributed by atoms with Gasteiger partial charge in [0.15, 0.2) is 11.6 Å². The lowest BCUT2D eigenvalue weighted by Gasteiger charge is -2.34. The second-order valence-electron chi connectivity index (χ2n) is 5.85. The Bertz CT molecular complexity index is 524. The first-order valence-corrected chi connectivity index (χ1v) is 7.63. The molecule has 1 aromatic carbocycles. The van der Waals surface area contributed by atoms with Gasteiger partial charge in [-0.2, -0.15) is 0 Å². The van der Waals surface area contributed by atoms with E-state index in [4.69, 9.17) is 0 Å². The zero-order valence-corrected chi connectivity index (χ0v) is 13.0. The SMILES string of the molecule is CNCC(C)C(=O)NC1CNCCC1c1ccc(F)c(F)c1. The number of piperidine rings is 1. The molecule has 0 bridgehead atoms. The molecule has 22 heavy (non-hydrogen) atoms. The molecule has 122 valence electrons. The number of carbonyl (C=O) groups is 1. The molecule has 0 radical (unpaired) electrons. The van der Waals surface area contributed by atoms with E-state index in [0.717, 1.165) is 24.6 Å². The summed E-state index contributed by atoms with van der Waals surface area (Å²) in [5.41, 5.74) is 0.729. The minimum absolute atomic E-state index is 0.0120. The summed E-state index contributed by atoms with van der Waals surface area (Å²) < 4.78 is 26.6. The summed E-state index contributed by atoms with van der Waals surface area (Å²) in [6.45, 7) is 3.88. The van der Waals surface area contributed by atoms with Crippen molar-refractivity contribution in [2.75, 3.05) is 26.7 Å². The molecule has 0 spiro atoms. The number of halogens is 2. The maximum atomic E-state index is 13.5. The minimum Gasteiger partial charge on any atom is -0.351 e. The standard InChI is InChI=1S/C16H23F2N3O/c1-10(8-19-2)16(22)21-15-9-20-6-5-12(15)11-3-4-13(17)14(18)7-11/h3-4,7,10,12,15,19-20H,5-6,8-9H2,1-2H3,(H,21,22). The molecule has 1 saturated heterocycles. The molecule has 1 heterocycles. The highest BCUT2D eigenvalue weighted by Crippen LogP contribution is 2.27. The van der Waals surface area contributed by atoms with E-state index in [-0.39, 0.29) is 23.8 Å². The lowest BCUT2D eigenvalue weighted by Crippen LogP contribution is -2.51. The van der Waals surface area contributed by atoms with Crippen LogP contribution in [0.15, 0.2) is 18.2 Å². The van der Waals surface area contributed by atoms with Gasteiger partial charge in [-0.05, 0) is 37.7 Å². The van der Waals surface area contributed by atoms with Gasteiger partial charge in [0.1, 0.15) is 0 Å². The zero-order valence-electron chi connectivity index (χ0n) is 13.0. The van der Waals surface area contributed by atoms with Crippen molar-refractivity contribution in [3.05, 3.63) is 35.4 Å². The molecule has 3 atom stereocenters. The van der Waals surface area contributed by atoms with Crippen LogP contribution in [-0.4, -0.2) is 38.6 Å². The summed E-state index contributed by atoms with van der Waals surface area (Å²) in [7, 11) is 1.80. The third-order valence-electron chi connectivity index (χ3n) is 4.14. The van der Waals surface area contributed by atoms with Crippen molar-refractivity contribution in [3.8, 4) is 0 Å². The molecule has 0 saturated carbocycles. The molecule has 1 amide bonds. The van der Waals surface area contributed by atoms with Crippen LogP contribution in [0.5, 0.6) is 0 Å². The summed E-state index contributed by atoms with van der Waals surface area (Å²) in [5.74, 6) is -1.87. The third-order valence-corrected chi connectivity index (χ3v) is 4.14. The van der Waals surface area contributed by atoms with E-state index >= 15 is 0 Å². The number of rotatable bonds is 5. The fraction of sp³-hybridized carbons (Fsp3) is 0.562. The van der Waals surface area contributed by atoms with E-state index in [1.165, 1.54) is 6.07 Å². The fourth-order valence-electron chi connectivity index (χ4n) is 2.88. The second kappa shape index (κ2) is 7.65. The van der Waals surface area contributed by atoms with E-state index in [0.29, 0.717) is 13.1 Å². The average Bonchev–Trinajstić information content (AvgIpc) is 2.51. The maximum Gasteiger partial charge on any atom is 0.224 e. The molecular weight excluding hydrogens is 288 g/mol. The molecule has 1 aromatic rings. The second-order valence-corrected chi connectivity index (χ2v) is 5.85. The van der Waals surface area contributed by atoms with Crippen molar-refractivity contribution in [3.63, 3.8) is 0 Å². The van der Waals surface area contributed by atoms with Gasteiger partial charge in [0.25, 0.3) is 0 Å². The van der Waals surface area contributed by atoms with E-state index in [9.17, 15) is 13.6 Å². The van der Waals surface area contributed by atoms with Crippen LogP contribution in [0, 0.1) is 17.6 Å². The predicted octanol–water partition coefficient (Wildman–Crippen LogP) is 1.38. The molecule has 1 fully saturated rings. The summed E-state index contributed by atoms with van der Waals surface area (Å²) in [6.07, 6.45) is 0.774. The Morgan fingerprint density at radius 1 is 1.41 bits per heavy atom. The molecule has 3 N–H and O–H groups in total. The van der Waals surface area contributed by atoms with Crippen LogP contribution in [0.25, 0.3) is 0 Å². The largest absolute Gasteiger partial charge is 0.351 e. The Labute approximate surface area is 129 Å². The molecule has 3 unspecified atom stereocenters.